The lowest BCUT2D eigenvalue weighted by Gasteiger charge is -2.23. The molecule has 1 aliphatic heterocycles. The number of hydrogen-bond donors (Lipinski definition) is 2. The third kappa shape index (κ3) is 6.20. The van der Waals surface area contributed by atoms with Crippen molar-refractivity contribution in [3.63, 3.8) is 0 Å². The number of carbonyl (C=O) groups is 2. The Labute approximate surface area is 195 Å². The Balaban J connectivity index is 1.35. The van der Waals surface area contributed by atoms with E-state index in [4.69, 9.17) is 0 Å². The number of anilines is 2. The van der Waals surface area contributed by atoms with Crippen LogP contribution in [0.5, 0.6) is 0 Å². The monoisotopic (exact) mass is 442 g/mol. The van der Waals surface area contributed by atoms with E-state index in [1.807, 2.05) is 71.6 Å². The molecule has 0 bridgehead atoms. The SMILES string of the molecule is CC(=O)Nc1ccc(CN2CCCN(C(=O)Nc3ccccc3-c3ccccc3)CC2)cc1. The fraction of sp³-hybridized carbons (Fsp3) is 0.259. The number of nitrogens with one attached hydrogen (secondary N) is 2. The predicted octanol–water partition coefficient (Wildman–Crippen LogP) is 5.05. The van der Waals surface area contributed by atoms with Gasteiger partial charge in [-0.05, 0) is 35.7 Å². The van der Waals surface area contributed by atoms with E-state index in [9.17, 15) is 9.59 Å². The Bertz CT molecular complexity index is 1080. The number of benzene rings is 3. The van der Waals surface area contributed by atoms with Crippen LogP contribution in [-0.4, -0.2) is 47.9 Å². The zero-order valence-corrected chi connectivity index (χ0v) is 19.0. The summed E-state index contributed by atoms with van der Waals surface area (Å²) in [6.07, 6.45) is 0.928. The summed E-state index contributed by atoms with van der Waals surface area (Å²) < 4.78 is 0. The number of amides is 3. The average Bonchev–Trinajstić information content (AvgIpc) is 3.07. The molecule has 33 heavy (non-hydrogen) atoms. The van der Waals surface area contributed by atoms with E-state index in [2.05, 4.69) is 27.7 Å². The van der Waals surface area contributed by atoms with Crippen molar-refractivity contribution in [2.45, 2.75) is 19.9 Å². The van der Waals surface area contributed by atoms with Crippen molar-refractivity contribution in [3.05, 3.63) is 84.4 Å². The second kappa shape index (κ2) is 10.8. The van der Waals surface area contributed by atoms with Crippen LogP contribution >= 0.6 is 0 Å². The van der Waals surface area contributed by atoms with Crippen LogP contribution in [0.3, 0.4) is 0 Å². The summed E-state index contributed by atoms with van der Waals surface area (Å²) in [5.74, 6) is -0.0694. The molecular formula is C27H30N4O2. The van der Waals surface area contributed by atoms with Crippen molar-refractivity contribution < 1.29 is 9.59 Å². The molecule has 0 atom stereocenters. The highest BCUT2D eigenvalue weighted by Gasteiger charge is 2.20. The van der Waals surface area contributed by atoms with Crippen molar-refractivity contribution in [1.29, 1.82) is 0 Å². The maximum Gasteiger partial charge on any atom is 0.321 e. The molecule has 3 aromatic rings. The zero-order valence-electron chi connectivity index (χ0n) is 19.0. The number of carbonyl (C=O) groups excluding carboxylic acids is 2. The molecule has 2 N–H and O–H groups in total. The first kappa shape index (κ1) is 22.6. The Morgan fingerprint density at radius 3 is 2.27 bits per heavy atom. The van der Waals surface area contributed by atoms with Gasteiger partial charge in [-0.2, -0.15) is 0 Å². The molecule has 0 spiro atoms. The first-order valence-electron chi connectivity index (χ1n) is 11.4. The average molecular weight is 443 g/mol. The van der Waals surface area contributed by atoms with Crippen LogP contribution < -0.4 is 10.6 Å². The fourth-order valence-electron chi connectivity index (χ4n) is 4.14. The smallest absolute Gasteiger partial charge is 0.321 e. The van der Waals surface area contributed by atoms with E-state index in [-0.39, 0.29) is 11.9 Å². The van der Waals surface area contributed by atoms with E-state index in [0.717, 1.165) is 55.1 Å². The molecule has 1 heterocycles. The Morgan fingerprint density at radius 2 is 1.52 bits per heavy atom. The van der Waals surface area contributed by atoms with Gasteiger partial charge in [-0.1, -0.05) is 60.7 Å². The van der Waals surface area contributed by atoms with Crippen LogP contribution in [0.2, 0.25) is 0 Å². The largest absolute Gasteiger partial charge is 0.326 e. The van der Waals surface area contributed by atoms with E-state index in [1.54, 1.807) is 0 Å². The molecule has 1 fully saturated rings. The molecule has 4 rings (SSSR count). The molecule has 3 amide bonds. The summed E-state index contributed by atoms with van der Waals surface area (Å²) in [6, 6.07) is 25.9. The Morgan fingerprint density at radius 1 is 0.788 bits per heavy atom. The minimum Gasteiger partial charge on any atom is -0.326 e. The van der Waals surface area contributed by atoms with Crippen LogP contribution in [0.15, 0.2) is 78.9 Å². The van der Waals surface area contributed by atoms with E-state index in [0.29, 0.717) is 6.54 Å². The number of para-hydroxylation sites is 1. The molecule has 1 saturated heterocycles. The van der Waals surface area contributed by atoms with Crippen LogP contribution in [0.1, 0.15) is 18.9 Å². The van der Waals surface area contributed by atoms with Gasteiger partial charge in [-0.15, -0.1) is 0 Å². The van der Waals surface area contributed by atoms with Gasteiger partial charge < -0.3 is 15.5 Å². The molecule has 0 aliphatic carbocycles. The number of urea groups is 1. The molecule has 0 radical (unpaired) electrons. The van der Waals surface area contributed by atoms with Crippen molar-refractivity contribution in [2.24, 2.45) is 0 Å². The zero-order chi connectivity index (χ0) is 23.0. The quantitative estimate of drug-likeness (QED) is 0.581. The van der Waals surface area contributed by atoms with E-state index < -0.39 is 0 Å². The van der Waals surface area contributed by atoms with E-state index >= 15 is 0 Å². The predicted molar refractivity (Wildman–Crippen MR) is 133 cm³/mol. The molecule has 6 nitrogen and oxygen atoms in total. The summed E-state index contributed by atoms with van der Waals surface area (Å²) in [4.78, 5) is 28.5. The van der Waals surface area contributed by atoms with Gasteiger partial charge >= 0.3 is 6.03 Å². The minimum absolute atomic E-state index is 0.0557. The lowest BCUT2D eigenvalue weighted by Crippen LogP contribution is -2.38. The summed E-state index contributed by atoms with van der Waals surface area (Å²) >= 11 is 0. The first-order valence-corrected chi connectivity index (χ1v) is 11.4. The Kier molecular flexibility index (Phi) is 7.37. The van der Waals surface area contributed by atoms with Gasteiger partial charge in [0, 0.05) is 50.9 Å². The molecule has 1 aliphatic rings. The van der Waals surface area contributed by atoms with Gasteiger partial charge in [-0.25, -0.2) is 4.79 Å². The highest BCUT2D eigenvalue weighted by atomic mass is 16.2. The molecule has 0 aromatic heterocycles. The van der Waals surface area contributed by atoms with Gasteiger partial charge in [0.1, 0.15) is 0 Å². The fourth-order valence-corrected chi connectivity index (χ4v) is 4.14. The van der Waals surface area contributed by atoms with Crippen molar-refractivity contribution in [2.75, 3.05) is 36.8 Å². The second-order valence-corrected chi connectivity index (χ2v) is 8.34. The van der Waals surface area contributed by atoms with Crippen LogP contribution in [-0.2, 0) is 11.3 Å². The standard InChI is InChI=1S/C27H30N4O2/c1-21(32)28-24-14-12-22(13-15-24)20-30-16-7-17-31(19-18-30)27(33)29-26-11-6-5-10-25(26)23-8-3-2-4-9-23/h2-6,8-15H,7,16-20H2,1H3,(H,28,32)(H,29,33). The molecule has 0 saturated carbocycles. The first-order chi connectivity index (χ1) is 16.1. The summed E-state index contributed by atoms with van der Waals surface area (Å²) in [6.45, 7) is 5.51. The molecule has 170 valence electrons. The van der Waals surface area contributed by atoms with Gasteiger partial charge in [0.05, 0.1) is 5.69 Å². The molecule has 3 aromatic carbocycles. The topological polar surface area (TPSA) is 64.7 Å². The molecular weight excluding hydrogens is 412 g/mol. The minimum atomic E-state index is -0.0694. The summed E-state index contributed by atoms with van der Waals surface area (Å²) in [7, 11) is 0. The highest BCUT2D eigenvalue weighted by Crippen LogP contribution is 2.27. The molecule has 0 unspecified atom stereocenters. The maximum absolute atomic E-state index is 13.1. The van der Waals surface area contributed by atoms with Crippen LogP contribution in [0.4, 0.5) is 16.2 Å². The van der Waals surface area contributed by atoms with E-state index in [1.165, 1.54) is 12.5 Å². The molecule has 6 heteroatoms. The normalized spacial score (nSPS) is 14.4. The van der Waals surface area contributed by atoms with Gasteiger partial charge in [0.15, 0.2) is 0 Å². The van der Waals surface area contributed by atoms with Crippen molar-refractivity contribution in [3.8, 4) is 11.1 Å². The van der Waals surface area contributed by atoms with Crippen molar-refractivity contribution >= 4 is 23.3 Å². The number of hydrogen-bond acceptors (Lipinski definition) is 3. The number of nitrogens with zero attached hydrogens (tertiary/aromatic N) is 2. The second-order valence-electron chi connectivity index (χ2n) is 8.34. The third-order valence-electron chi connectivity index (χ3n) is 5.81. The van der Waals surface area contributed by atoms with Crippen molar-refractivity contribution in [1.82, 2.24) is 9.80 Å². The highest BCUT2D eigenvalue weighted by molar-refractivity contribution is 5.94. The lowest BCUT2D eigenvalue weighted by atomic mass is 10.0. The summed E-state index contributed by atoms with van der Waals surface area (Å²) in [5.41, 5.74) is 4.93. The number of rotatable bonds is 5. The lowest BCUT2D eigenvalue weighted by molar-refractivity contribution is -0.114. The Hall–Kier alpha value is -3.64. The third-order valence-corrected chi connectivity index (χ3v) is 5.81. The van der Waals surface area contributed by atoms with Gasteiger partial charge in [0.25, 0.3) is 0 Å². The van der Waals surface area contributed by atoms with Crippen LogP contribution in [0.25, 0.3) is 11.1 Å². The van der Waals surface area contributed by atoms with Gasteiger partial charge in [0.2, 0.25) is 5.91 Å². The van der Waals surface area contributed by atoms with Gasteiger partial charge in [-0.3, -0.25) is 9.69 Å². The maximum atomic E-state index is 13.1. The summed E-state index contributed by atoms with van der Waals surface area (Å²) in [5, 5.41) is 5.92. The van der Waals surface area contributed by atoms with Crippen LogP contribution in [0, 0.1) is 0 Å².